The van der Waals surface area contributed by atoms with Crippen molar-refractivity contribution >= 4 is 17.7 Å². The molecule has 0 N–H and O–H groups in total. The Labute approximate surface area is 122 Å². The van der Waals surface area contributed by atoms with E-state index in [1.807, 2.05) is 13.8 Å². The van der Waals surface area contributed by atoms with Gasteiger partial charge in [-0.15, -0.1) is 5.10 Å². The number of hydrogen-bond donors (Lipinski definition) is 0. The van der Waals surface area contributed by atoms with Crippen LogP contribution in [-0.4, -0.2) is 70.4 Å². The van der Waals surface area contributed by atoms with Crippen LogP contribution in [0, 0.1) is 0 Å². The van der Waals surface area contributed by atoms with Crippen molar-refractivity contribution in [2.45, 2.75) is 37.9 Å². The van der Waals surface area contributed by atoms with Gasteiger partial charge in [-0.25, -0.2) is 4.68 Å². The highest BCUT2D eigenvalue weighted by Gasteiger charge is 2.16. The molecule has 1 heterocycles. The number of amides is 1. The number of ether oxygens (including phenoxy) is 2. The minimum absolute atomic E-state index is 0.0367. The number of carbonyl (C=O) groups is 1. The zero-order valence-electron chi connectivity index (χ0n) is 12.4. The largest absolute Gasteiger partial charge is 0.354 e. The third-order valence-corrected chi connectivity index (χ3v) is 3.78. The molecule has 0 atom stereocenters. The Kier molecular flexibility index (Phi) is 6.89. The van der Waals surface area contributed by atoms with Crippen LogP contribution in [0.5, 0.6) is 0 Å². The van der Waals surface area contributed by atoms with E-state index in [9.17, 15) is 4.79 Å². The summed E-state index contributed by atoms with van der Waals surface area (Å²) in [6.45, 7) is 4.30. The van der Waals surface area contributed by atoms with E-state index >= 15 is 0 Å². The predicted molar refractivity (Wildman–Crippen MR) is 74.3 cm³/mol. The average Bonchev–Trinajstić information content (AvgIpc) is 2.88. The second-order valence-corrected chi connectivity index (χ2v) is 5.37. The monoisotopic (exact) mass is 303 g/mol. The van der Waals surface area contributed by atoms with Crippen molar-refractivity contribution in [2.75, 3.05) is 27.0 Å². The van der Waals surface area contributed by atoms with Gasteiger partial charge in [0.25, 0.3) is 0 Å². The number of rotatable bonds is 8. The number of carbonyl (C=O) groups excluding carboxylic acids is 1. The van der Waals surface area contributed by atoms with Gasteiger partial charge in [0, 0.05) is 27.3 Å². The van der Waals surface area contributed by atoms with E-state index in [2.05, 4.69) is 15.5 Å². The number of aromatic nitrogens is 4. The Hall–Kier alpha value is -1.19. The molecule has 1 aromatic rings. The van der Waals surface area contributed by atoms with Gasteiger partial charge in [-0.1, -0.05) is 11.8 Å². The molecule has 114 valence electrons. The van der Waals surface area contributed by atoms with Gasteiger partial charge in [0.05, 0.1) is 12.3 Å². The number of nitrogens with zero attached hydrogens (tertiary/aromatic N) is 5. The molecule has 1 aromatic heterocycles. The number of thioether (sulfide) groups is 1. The van der Waals surface area contributed by atoms with Gasteiger partial charge >= 0.3 is 0 Å². The second-order valence-electron chi connectivity index (χ2n) is 4.43. The minimum Gasteiger partial charge on any atom is -0.354 e. The van der Waals surface area contributed by atoms with Gasteiger partial charge in [0.1, 0.15) is 0 Å². The minimum atomic E-state index is -0.424. The summed E-state index contributed by atoms with van der Waals surface area (Å²) in [5.41, 5.74) is 0. The van der Waals surface area contributed by atoms with Crippen LogP contribution in [-0.2, 0) is 20.8 Å². The average molecular weight is 303 g/mol. The summed E-state index contributed by atoms with van der Waals surface area (Å²) in [6.07, 6.45) is -0.424. The maximum Gasteiger partial charge on any atom is 0.233 e. The lowest BCUT2D eigenvalue weighted by Crippen LogP contribution is -2.34. The molecule has 0 aliphatic carbocycles. The number of hydrogen-bond acceptors (Lipinski definition) is 7. The van der Waals surface area contributed by atoms with Crippen LogP contribution in [0.1, 0.15) is 13.8 Å². The quantitative estimate of drug-likeness (QED) is 0.503. The highest BCUT2D eigenvalue weighted by atomic mass is 32.2. The highest BCUT2D eigenvalue weighted by molar-refractivity contribution is 7.99. The van der Waals surface area contributed by atoms with E-state index in [1.54, 1.807) is 30.8 Å². The maximum absolute atomic E-state index is 11.9. The van der Waals surface area contributed by atoms with Crippen LogP contribution in [0.15, 0.2) is 5.16 Å². The van der Waals surface area contributed by atoms with E-state index in [0.717, 1.165) is 0 Å². The van der Waals surface area contributed by atoms with Gasteiger partial charge in [0.2, 0.25) is 11.1 Å². The predicted octanol–water partition coefficient (Wildman–Crippen LogP) is 0.251. The molecular formula is C11H21N5O3S. The van der Waals surface area contributed by atoms with Crippen molar-refractivity contribution in [1.29, 1.82) is 0 Å². The summed E-state index contributed by atoms with van der Waals surface area (Å²) in [6, 6.07) is 0.172. The lowest BCUT2D eigenvalue weighted by Gasteiger charge is -2.21. The standard InChI is InChI=1S/C11H21N5O3S/c1-8(2)15(3)9(17)7-20-11-12-13-14-16(11)6-10(18-4)19-5/h8,10H,6-7H2,1-5H3. The summed E-state index contributed by atoms with van der Waals surface area (Å²) in [7, 11) is 4.88. The van der Waals surface area contributed by atoms with Gasteiger partial charge in [-0.2, -0.15) is 0 Å². The Balaban J connectivity index is 2.57. The molecule has 9 heteroatoms. The molecule has 1 amide bonds. The number of methoxy groups -OCH3 is 2. The first kappa shape index (κ1) is 16.9. The Morgan fingerprint density at radius 1 is 1.40 bits per heavy atom. The van der Waals surface area contributed by atoms with Crippen molar-refractivity contribution in [3.63, 3.8) is 0 Å². The van der Waals surface area contributed by atoms with E-state index < -0.39 is 6.29 Å². The van der Waals surface area contributed by atoms with Crippen molar-refractivity contribution in [2.24, 2.45) is 0 Å². The smallest absolute Gasteiger partial charge is 0.233 e. The lowest BCUT2D eigenvalue weighted by molar-refractivity contribution is -0.128. The first-order valence-electron chi connectivity index (χ1n) is 6.19. The molecule has 8 nitrogen and oxygen atoms in total. The van der Waals surface area contributed by atoms with Crippen LogP contribution < -0.4 is 0 Å². The van der Waals surface area contributed by atoms with E-state index in [1.165, 1.54) is 11.8 Å². The third kappa shape index (κ3) is 4.73. The molecule has 0 spiro atoms. The summed E-state index contributed by atoms with van der Waals surface area (Å²) >= 11 is 1.30. The number of tetrazole rings is 1. The molecule has 0 unspecified atom stereocenters. The van der Waals surface area contributed by atoms with Crippen molar-refractivity contribution in [1.82, 2.24) is 25.1 Å². The third-order valence-electron chi connectivity index (χ3n) is 2.84. The lowest BCUT2D eigenvalue weighted by atomic mass is 10.3. The molecule has 0 fully saturated rings. The Morgan fingerprint density at radius 2 is 2.05 bits per heavy atom. The molecule has 0 saturated carbocycles. The van der Waals surface area contributed by atoms with Crippen LogP contribution in [0.25, 0.3) is 0 Å². The van der Waals surface area contributed by atoms with Gasteiger partial charge in [-0.3, -0.25) is 4.79 Å². The molecule has 0 bridgehead atoms. The van der Waals surface area contributed by atoms with Crippen LogP contribution in [0.3, 0.4) is 0 Å². The molecule has 20 heavy (non-hydrogen) atoms. The summed E-state index contributed by atoms with van der Waals surface area (Å²) in [5.74, 6) is 0.328. The zero-order valence-corrected chi connectivity index (χ0v) is 13.3. The van der Waals surface area contributed by atoms with E-state index in [4.69, 9.17) is 9.47 Å². The molecule has 0 aromatic carbocycles. The fourth-order valence-electron chi connectivity index (χ4n) is 1.32. The van der Waals surface area contributed by atoms with Gasteiger partial charge in [0.15, 0.2) is 6.29 Å². The van der Waals surface area contributed by atoms with Gasteiger partial charge in [-0.05, 0) is 24.3 Å². The molecule has 0 aliphatic heterocycles. The maximum atomic E-state index is 11.9. The zero-order chi connectivity index (χ0) is 15.1. The molecule has 0 radical (unpaired) electrons. The normalized spacial score (nSPS) is 11.3. The molecule has 0 aliphatic rings. The van der Waals surface area contributed by atoms with E-state index in [0.29, 0.717) is 17.5 Å². The summed E-state index contributed by atoms with van der Waals surface area (Å²) in [5, 5.41) is 11.9. The molecular weight excluding hydrogens is 282 g/mol. The summed E-state index contributed by atoms with van der Waals surface area (Å²) in [4.78, 5) is 13.6. The van der Waals surface area contributed by atoms with Crippen LogP contribution in [0.2, 0.25) is 0 Å². The molecule has 1 rings (SSSR count). The summed E-state index contributed by atoms with van der Waals surface area (Å²) < 4.78 is 11.8. The first-order valence-corrected chi connectivity index (χ1v) is 7.18. The SMILES string of the molecule is COC(Cn1nnnc1SCC(=O)N(C)C(C)C)OC. The second kappa shape index (κ2) is 8.18. The van der Waals surface area contributed by atoms with Gasteiger partial charge < -0.3 is 14.4 Å². The topological polar surface area (TPSA) is 82.4 Å². The van der Waals surface area contributed by atoms with E-state index in [-0.39, 0.29) is 11.9 Å². The Morgan fingerprint density at radius 3 is 2.60 bits per heavy atom. The fraction of sp³-hybridized carbons (Fsp3) is 0.818. The van der Waals surface area contributed by atoms with Crippen molar-refractivity contribution in [3.05, 3.63) is 0 Å². The molecule has 0 saturated heterocycles. The fourth-order valence-corrected chi connectivity index (χ4v) is 2.13. The van der Waals surface area contributed by atoms with Crippen LogP contribution >= 0.6 is 11.8 Å². The van der Waals surface area contributed by atoms with Crippen molar-refractivity contribution in [3.8, 4) is 0 Å². The van der Waals surface area contributed by atoms with Crippen LogP contribution in [0.4, 0.5) is 0 Å². The Bertz CT molecular complexity index is 422. The highest BCUT2D eigenvalue weighted by Crippen LogP contribution is 2.15. The first-order chi connectivity index (χ1) is 9.49. The van der Waals surface area contributed by atoms with Crippen molar-refractivity contribution < 1.29 is 14.3 Å².